The summed E-state index contributed by atoms with van der Waals surface area (Å²) in [4.78, 5) is 14.3. The van der Waals surface area contributed by atoms with E-state index in [0.717, 1.165) is 5.56 Å². The molecule has 5 nitrogen and oxygen atoms in total. The van der Waals surface area contributed by atoms with Crippen molar-refractivity contribution in [3.63, 3.8) is 0 Å². The van der Waals surface area contributed by atoms with Crippen molar-refractivity contribution in [3.05, 3.63) is 58.1 Å². The zero-order chi connectivity index (χ0) is 20.8. The molecule has 0 spiro atoms. The Kier molecular flexibility index (Phi) is 5.11. The van der Waals surface area contributed by atoms with Gasteiger partial charge in [0.15, 0.2) is 21.6 Å². The summed E-state index contributed by atoms with van der Waals surface area (Å²) in [6, 6.07) is 13.5. The Hall–Kier alpha value is -2.41. The summed E-state index contributed by atoms with van der Waals surface area (Å²) in [5.41, 5.74) is 9.56. The molecule has 0 atom stereocenters. The molecule has 0 aliphatic carbocycles. The van der Waals surface area contributed by atoms with Gasteiger partial charge in [-0.2, -0.15) is 0 Å². The van der Waals surface area contributed by atoms with E-state index in [0.29, 0.717) is 42.9 Å². The van der Waals surface area contributed by atoms with E-state index in [1.54, 1.807) is 18.2 Å². The number of para-hydroxylation sites is 1. The summed E-state index contributed by atoms with van der Waals surface area (Å²) in [7, 11) is 0. The highest BCUT2D eigenvalue weighted by molar-refractivity contribution is 7.22. The largest absolute Gasteiger partial charge is 0.382 e. The Morgan fingerprint density at radius 2 is 1.59 bits per heavy atom. The molecule has 0 aliphatic rings. The van der Waals surface area contributed by atoms with Crippen molar-refractivity contribution in [3.8, 4) is 11.4 Å². The molecule has 4 aromatic rings. The molecule has 2 heterocycles. The lowest BCUT2D eigenvalue weighted by Crippen LogP contribution is -2.10. The van der Waals surface area contributed by atoms with Crippen LogP contribution in [0.25, 0.3) is 21.7 Å². The number of fused-ring (bicyclic) bond motifs is 1. The van der Waals surface area contributed by atoms with Crippen molar-refractivity contribution in [2.45, 2.75) is 26.2 Å². The number of anilines is 3. The lowest BCUT2D eigenvalue weighted by molar-refractivity contribution is 0.590. The number of rotatable bonds is 3. The average Bonchev–Trinajstić information content (AvgIpc) is 3.08. The first kappa shape index (κ1) is 19.9. The van der Waals surface area contributed by atoms with E-state index < -0.39 is 0 Å². The number of aromatic nitrogens is 3. The summed E-state index contributed by atoms with van der Waals surface area (Å²) >= 11 is 13.8. The van der Waals surface area contributed by atoms with E-state index in [1.165, 1.54) is 16.9 Å². The zero-order valence-corrected chi connectivity index (χ0v) is 18.5. The molecule has 0 amide bonds. The summed E-state index contributed by atoms with van der Waals surface area (Å²) < 4.78 is 0. The van der Waals surface area contributed by atoms with Crippen molar-refractivity contribution in [1.29, 1.82) is 0 Å². The minimum absolute atomic E-state index is 0.0839. The Balaban J connectivity index is 1.71. The SMILES string of the molecule is CC(C)(C)c1ccc(-c2nc(N)c3nc(Nc4c(Cl)cccc4Cl)sc3n2)cc1. The van der Waals surface area contributed by atoms with Crippen LogP contribution in [0.15, 0.2) is 42.5 Å². The number of hydrogen-bond donors (Lipinski definition) is 2. The molecule has 0 aliphatic heterocycles. The predicted octanol–water partition coefficient (Wildman–Crippen LogP) is 6.68. The highest BCUT2D eigenvalue weighted by atomic mass is 35.5. The van der Waals surface area contributed by atoms with Gasteiger partial charge in [0.2, 0.25) is 0 Å². The van der Waals surface area contributed by atoms with Crippen LogP contribution >= 0.6 is 34.5 Å². The number of halogens is 2. The van der Waals surface area contributed by atoms with Gasteiger partial charge < -0.3 is 11.1 Å². The normalized spacial score (nSPS) is 11.8. The van der Waals surface area contributed by atoms with Crippen molar-refractivity contribution < 1.29 is 0 Å². The maximum absolute atomic E-state index is 6.24. The lowest BCUT2D eigenvalue weighted by atomic mass is 9.87. The van der Waals surface area contributed by atoms with E-state index in [2.05, 4.69) is 53.2 Å². The summed E-state index contributed by atoms with van der Waals surface area (Å²) in [5.74, 6) is 0.904. The minimum Gasteiger partial charge on any atom is -0.382 e. The smallest absolute Gasteiger partial charge is 0.190 e. The molecule has 0 bridgehead atoms. The number of nitrogens with one attached hydrogen (secondary N) is 1. The summed E-state index contributed by atoms with van der Waals surface area (Å²) in [6.45, 7) is 6.54. The highest BCUT2D eigenvalue weighted by Gasteiger charge is 2.16. The molecule has 148 valence electrons. The summed E-state index contributed by atoms with van der Waals surface area (Å²) in [5, 5.41) is 4.77. The number of nitrogens with zero attached hydrogens (tertiary/aromatic N) is 3. The van der Waals surface area contributed by atoms with E-state index in [9.17, 15) is 0 Å². The van der Waals surface area contributed by atoms with Crippen LogP contribution in [0.1, 0.15) is 26.3 Å². The van der Waals surface area contributed by atoms with Crippen LogP contribution in [-0.4, -0.2) is 15.0 Å². The van der Waals surface area contributed by atoms with Crippen LogP contribution in [0.2, 0.25) is 10.0 Å². The first-order chi connectivity index (χ1) is 13.7. The molecule has 2 aromatic heterocycles. The average molecular weight is 444 g/mol. The first-order valence-corrected chi connectivity index (χ1v) is 10.6. The fourth-order valence-corrected chi connectivity index (χ4v) is 4.21. The second kappa shape index (κ2) is 7.44. The van der Waals surface area contributed by atoms with Crippen LogP contribution in [0.4, 0.5) is 16.6 Å². The van der Waals surface area contributed by atoms with Crippen molar-refractivity contribution in [2.24, 2.45) is 0 Å². The molecule has 3 N–H and O–H groups in total. The zero-order valence-electron chi connectivity index (χ0n) is 16.1. The predicted molar refractivity (Wildman–Crippen MR) is 124 cm³/mol. The van der Waals surface area contributed by atoms with Crippen LogP contribution in [0, 0.1) is 0 Å². The number of nitrogens with two attached hydrogens (primary N) is 1. The first-order valence-electron chi connectivity index (χ1n) is 8.98. The Morgan fingerprint density at radius 3 is 2.21 bits per heavy atom. The van der Waals surface area contributed by atoms with Gasteiger partial charge in [0.1, 0.15) is 5.52 Å². The Morgan fingerprint density at radius 1 is 0.931 bits per heavy atom. The molecule has 0 saturated heterocycles. The third kappa shape index (κ3) is 4.01. The van der Waals surface area contributed by atoms with Crippen LogP contribution in [-0.2, 0) is 5.41 Å². The number of thiazole rings is 1. The molecule has 0 unspecified atom stereocenters. The Labute approximate surface area is 182 Å². The van der Waals surface area contributed by atoms with Gasteiger partial charge >= 0.3 is 0 Å². The molecular formula is C21H19Cl2N5S. The molecule has 29 heavy (non-hydrogen) atoms. The van der Waals surface area contributed by atoms with Crippen LogP contribution < -0.4 is 11.1 Å². The second-order valence-corrected chi connectivity index (χ2v) is 9.45. The van der Waals surface area contributed by atoms with Gasteiger partial charge in [-0.15, -0.1) is 0 Å². The highest BCUT2D eigenvalue weighted by Crippen LogP contribution is 2.36. The Bertz CT molecular complexity index is 1180. The van der Waals surface area contributed by atoms with Gasteiger partial charge in [0.25, 0.3) is 0 Å². The van der Waals surface area contributed by atoms with Crippen molar-refractivity contribution >= 4 is 61.5 Å². The quantitative estimate of drug-likeness (QED) is 0.368. The summed E-state index contributed by atoms with van der Waals surface area (Å²) in [6.07, 6.45) is 0. The molecule has 4 rings (SSSR count). The van der Waals surface area contributed by atoms with Gasteiger partial charge in [0.05, 0.1) is 15.7 Å². The fourth-order valence-electron chi connectivity index (χ4n) is 2.87. The minimum atomic E-state index is 0.0839. The molecule has 0 radical (unpaired) electrons. The number of nitrogen functional groups attached to an aromatic ring is 1. The number of benzene rings is 2. The third-order valence-corrected chi connectivity index (χ3v) is 5.98. The van der Waals surface area contributed by atoms with Gasteiger partial charge in [-0.1, -0.05) is 85.6 Å². The van der Waals surface area contributed by atoms with Gasteiger partial charge in [-0.25, -0.2) is 15.0 Å². The maximum Gasteiger partial charge on any atom is 0.190 e. The van der Waals surface area contributed by atoms with Crippen LogP contribution in [0.5, 0.6) is 0 Å². The van der Waals surface area contributed by atoms with E-state index >= 15 is 0 Å². The molecule has 0 fully saturated rings. The molecule has 2 aromatic carbocycles. The standard InChI is InChI=1S/C21H19Cl2N5S/c1-21(2,3)12-9-7-11(8-10-12)18-27-17(24)16-19(28-18)29-20(26-16)25-15-13(22)5-4-6-14(15)23/h4-10H,1-3H3,(H,25,26)(H2,24,27,28). The van der Waals surface area contributed by atoms with Gasteiger partial charge in [-0.3, -0.25) is 0 Å². The third-order valence-electron chi connectivity index (χ3n) is 4.49. The van der Waals surface area contributed by atoms with Gasteiger partial charge in [-0.05, 0) is 23.1 Å². The fraction of sp³-hybridized carbons (Fsp3) is 0.190. The van der Waals surface area contributed by atoms with Crippen LogP contribution in [0.3, 0.4) is 0 Å². The van der Waals surface area contributed by atoms with E-state index in [-0.39, 0.29) is 5.41 Å². The van der Waals surface area contributed by atoms with Crippen molar-refractivity contribution in [2.75, 3.05) is 11.1 Å². The lowest BCUT2D eigenvalue weighted by Gasteiger charge is -2.18. The monoisotopic (exact) mass is 443 g/mol. The van der Waals surface area contributed by atoms with E-state index in [4.69, 9.17) is 28.9 Å². The molecular weight excluding hydrogens is 425 g/mol. The molecule has 8 heteroatoms. The van der Waals surface area contributed by atoms with Crippen molar-refractivity contribution in [1.82, 2.24) is 15.0 Å². The molecule has 0 saturated carbocycles. The van der Waals surface area contributed by atoms with Gasteiger partial charge in [0, 0.05) is 5.56 Å². The number of hydrogen-bond acceptors (Lipinski definition) is 6. The second-order valence-electron chi connectivity index (χ2n) is 7.65. The topological polar surface area (TPSA) is 76.7 Å². The van der Waals surface area contributed by atoms with E-state index in [1.807, 2.05) is 12.1 Å². The maximum atomic E-state index is 6.24.